The van der Waals surface area contributed by atoms with Crippen LogP contribution < -0.4 is 0 Å². The Hall–Kier alpha value is -0.450. The Labute approximate surface area is 139 Å². The highest BCUT2D eigenvalue weighted by atomic mass is 35.5. The van der Waals surface area contributed by atoms with Crippen LogP contribution in [0.2, 0.25) is 10.0 Å². The molecule has 1 aliphatic heterocycles. The standard InChI is InChI=1S/C16H20Cl2F3N/c1-2-3-11-4-6-22(7-5-11)15(16(19,20)21)12-8-13(17)10-14(18)9-12/h8-11,15H,2-7H2,1H3/t15-/m1/s1. The molecular weight excluding hydrogens is 334 g/mol. The minimum Gasteiger partial charge on any atom is -0.289 e. The monoisotopic (exact) mass is 353 g/mol. The maximum atomic E-state index is 13.6. The maximum Gasteiger partial charge on any atom is 0.408 e. The summed E-state index contributed by atoms with van der Waals surface area (Å²) in [6, 6.07) is 2.55. The molecule has 0 bridgehead atoms. The van der Waals surface area contributed by atoms with Crippen LogP contribution >= 0.6 is 23.2 Å². The van der Waals surface area contributed by atoms with Gasteiger partial charge >= 0.3 is 6.18 Å². The van der Waals surface area contributed by atoms with E-state index in [0.29, 0.717) is 19.0 Å². The van der Waals surface area contributed by atoms with Crippen molar-refractivity contribution in [1.82, 2.24) is 4.90 Å². The molecule has 0 aromatic heterocycles. The molecule has 1 atom stereocenters. The third-order valence-corrected chi connectivity index (χ3v) is 4.66. The third-order valence-electron chi connectivity index (χ3n) is 4.22. The number of benzene rings is 1. The SMILES string of the molecule is CCCC1CCN([C@H](c2cc(Cl)cc(Cl)c2)C(F)(F)F)CC1. The van der Waals surface area contributed by atoms with Crippen LogP contribution in [0, 0.1) is 5.92 Å². The van der Waals surface area contributed by atoms with Crippen molar-refractivity contribution in [1.29, 1.82) is 0 Å². The van der Waals surface area contributed by atoms with Gasteiger partial charge in [0.25, 0.3) is 0 Å². The van der Waals surface area contributed by atoms with Crippen LogP contribution in [0.4, 0.5) is 13.2 Å². The molecule has 0 unspecified atom stereocenters. The summed E-state index contributed by atoms with van der Waals surface area (Å²) in [4.78, 5) is 1.51. The van der Waals surface area contributed by atoms with Crippen LogP contribution in [0.5, 0.6) is 0 Å². The highest BCUT2D eigenvalue weighted by Crippen LogP contribution is 2.41. The lowest BCUT2D eigenvalue weighted by molar-refractivity contribution is -0.190. The lowest BCUT2D eigenvalue weighted by Gasteiger charge is -2.38. The molecule has 1 aliphatic rings. The number of rotatable bonds is 4. The van der Waals surface area contributed by atoms with Crippen LogP contribution in [0.15, 0.2) is 18.2 Å². The summed E-state index contributed by atoms with van der Waals surface area (Å²) in [6.45, 7) is 3.02. The van der Waals surface area contributed by atoms with E-state index in [-0.39, 0.29) is 15.6 Å². The van der Waals surface area contributed by atoms with E-state index in [9.17, 15) is 13.2 Å². The number of piperidine rings is 1. The number of alkyl halides is 3. The van der Waals surface area contributed by atoms with E-state index in [1.54, 1.807) is 0 Å². The van der Waals surface area contributed by atoms with Crippen LogP contribution in [0.1, 0.15) is 44.2 Å². The van der Waals surface area contributed by atoms with Crippen molar-refractivity contribution >= 4 is 23.2 Å². The Morgan fingerprint density at radius 1 is 1.14 bits per heavy atom. The summed E-state index contributed by atoms with van der Waals surface area (Å²) in [6.07, 6.45) is -0.542. The molecule has 2 rings (SSSR count). The molecule has 1 nitrogen and oxygen atoms in total. The molecule has 0 spiro atoms. The lowest BCUT2D eigenvalue weighted by Crippen LogP contribution is -2.43. The van der Waals surface area contributed by atoms with Crippen molar-refractivity contribution in [2.75, 3.05) is 13.1 Å². The summed E-state index contributed by atoms with van der Waals surface area (Å²) in [5.74, 6) is 0.540. The van der Waals surface area contributed by atoms with Gasteiger partial charge in [0.1, 0.15) is 6.04 Å². The number of hydrogen-bond acceptors (Lipinski definition) is 1. The molecule has 0 radical (unpaired) electrons. The number of likely N-dealkylation sites (tertiary alicyclic amines) is 1. The zero-order valence-electron chi connectivity index (χ0n) is 12.5. The average Bonchev–Trinajstić information content (AvgIpc) is 2.38. The van der Waals surface area contributed by atoms with Gasteiger partial charge in [0.05, 0.1) is 0 Å². The zero-order valence-corrected chi connectivity index (χ0v) is 14.0. The minimum atomic E-state index is -4.34. The first kappa shape index (κ1) is 17.9. The summed E-state index contributed by atoms with van der Waals surface area (Å²) >= 11 is 11.8. The summed E-state index contributed by atoms with van der Waals surface area (Å²) in [5, 5.41) is 0.468. The van der Waals surface area contributed by atoms with Crippen LogP contribution in [0.3, 0.4) is 0 Å². The predicted molar refractivity (Wildman–Crippen MR) is 84.5 cm³/mol. The molecule has 22 heavy (non-hydrogen) atoms. The normalized spacial score (nSPS) is 19.4. The van der Waals surface area contributed by atoms with Crippen LogP contribution in [-0.2, 0) is 0 Å². The second-order valence-corrected chi connectivity index (χ2v) is 6.79. The van der Waals surface area contributed by atoms with Gasteiger partial charge < -0.3 is 0 Å². The molecule has 1 saturated heterocycles. The first-order chi connectivity index (χ1) is 10.3. The van der Waals surface area contributed by atoms with Crippen LogP contribution in [0.25, 0.3) is 0 Å². The second-order valence-electron chi connectivity index (χ2n) is 5.91. The third kappa shape index (κ3) is 4.53. The summed E-state index contributed by atoms with van der Waals surface area (Å²) in [7, 11) is 0. The van der Waals surface area contributed by atoms with Crippen molar-refractivity contribution < 1.29 is 13.2 Å². The minimum absolute atomic E-state index is 0.124. The highest BCUT2D eigenvalue weighted by Gasteiger charge is 2.45. The largest absolute Gasteiger partial charge is 0.408 e. The van der Waals surface area contributed by atoms with Crippen molar-refractivity contribution in [3.05, 3.63) is 33.8 Å². The van der Waals surface area contributed by atoms with Crippen molar-refractivity contribution in [3.8, 4) is 0 Å². The van der Waals surface area contributed by atoms with E-state index in [0.717, 1.165) is 25.7 Å². The molecule has 0 N–H and O–H groups in total. The fourth-order valence-electron chi connectivity index (χ4n) is 3.25. The highest BCUT2D eigenvalue weighted by molar-refractivity contribution is 6.34. The molecule has 0 saturated carbocycles. The number of nitrogens with zero attached hydrogens (tertiary/aromatic N) is 1. The van der Waals surface area contributed by atoms with E-state index in [4.69, 9.17) is 23.2 Å². The van der Waals surface area contributed by atoms with Crippen LogP contribution in [-0.4, -0.2) is 24.2 Å². The maximum absolute atomic E-state index is 13.6. The Morgan fingerprint density at radius 2 is 1.68 bits per heavy atom. The van der Waals surface area contributed by atoms with E-state index in [1.165, 1.54) is 23.1 Å². The fraction of sp³-hybridized carbons (Fsp3) is 0.625. The van der Waals surface area contributed by atoms with Gasteiger partial charge in [-0.25, -0.2) is 0 Å². The van der Waals surface area contributed by atoms with Gasteiger partial charge in [-0.15, -0.1) is 0 Å². The van der Waals surface area contributed by atoms with E-state index in [2.05, 4.69) is 6.92 Å². The molecule has 1 fully saturated rings. The van der Waals surface area contributed by atoms with Gasteiger partial charge in [-0.1, -0.05) is 43.0 Å². The van der Waals surface area contributed by atoms with Crippen molar-refractivity contribution in [2.45, 2.75) is 44.8 Å². The topological polar surface area (TPSA) is 3.24 Å². The number of halogens is 5. The molecule has 0 aliphatic carbocycles. The zero-order chi connectivity index (χ0) is 16.3. The molecular formula is C16H20Cl2F3N. The number of hydrogen-bond donors (Lipinski definition) is 0. The first-order valence-electron chi connectivity index (χ1n) is 7.58. The van der Waals surface area contributed by atoms with Gasteiger partial charge in [0.15, 0.2) is 0 Å². The molecule has 124 valence electrons. The first-order valence-corrected chi connectivity index (χ1v) is 8.33. The van der Waals surface area contributed by atoms with Crippen molar-refractivity contribution in [2.24, 2.45) is 5.92 Å². The molecule has 1 heterocycles. The van der Waals surface area contributed by atoms with Crippen molar-refractivity contribution in [3.63, 3.8) is 0 Å². The Bertz CT molecular complexity index is 476. The fourth-order valence-corrected chi connectivity index (χ4v) is 3.79. The molecule has 1 aromatic rings. The predicted octanol–water partition coefficient (Wildman–Crippen LogP) is 6.11. The lowest BCUT2D eigenvalue weighted by atomic mass is 9.90. The van der Waals surface area contributed by atoms with E-state index in [1.807, 2.05) is 0 Å². The smallest absolute Gasteiger partial charge is 0.289 e. The van der Waals surface area contributed by atoms with E-state index >= 15 is 0 Å². The van der Waals surface area contributed by atoms with Gasteiger partial charge in [0, 0.05) is 10.0 Å². The molecule has 0 amide bonds. The average molecular weight is 354 g/mol. The molecule has 1 aromatic carbocycles. The second kappa shape index (κ2) is 7.41. The Balaban J connectivity index is 2.21. The molecule has 6 heteroatoms. The Morgan fingerprint density at radius 3 is 2.14 bits per heavy atom. The van der Waals surface area contributed by atoms with E-state index < -0.39 is 12.2 Å². The summed E-state index contributed by atoms with van der Waals surface area (Å²) < 4.78 is 40.7. The van der Waals surface area contributed by atoms with Gasteiger partial charge in [-0.2, -0.15) is 13.2 Å². The van der Waals surface area contributed by atoms with Gasteiger partial charge in [-0.05, 0) is 55.6 Å². The van der Waals surface area contributed by atoms with Gasteiger partial charge in [0.2, 0.25) is 0 Å². The Kier molecular flexibility index (Phi) is 6.03. The van der Waals surface area contributed by atoms with Gasteiger partial charge in [-0.3, -0.25) is 4.90 Å². The quantitative estimate of drug-likeness (QED) is 0.631. The summed E-state index contributed by atoms with van der Waals surface area (Å²) in [5.41, 5.74) is 0.124.